The molecule has 18 heteroatoms. The minimum atomic E-state index is -5.06. The molecule has 0 spiro atoms. The van der Waals surface area contributed by atoms with E-state index in [-0.39, 0.29) is 79.2 Å². The van der Waals surface area contributed by atoms with E-state index in [9.17, 15) is 46.1 Å². The number of pyridine rings is 1. The molecular formula is C35H42F6N6O6. The summed E-state index contributed by atoms with van der Waals surface area (Å²) in [6, 6.07) is 4.24. The zero-order valence-corrected chi connectivity index (χ0v) is 29.6. The molecule has 3 aromatic rings. The highest BCUT2D eigenvalue weighted by Gasteiger charge is 2.47. The topological polar surface area (TPSA) is 164 Å². The normalized spacial score (nSPS) is 19.3. The zero-order valence-electron chi connectivity index (χ0n) is 29.6. The first-order valence-electron chi connectivity index (χ1n) is 16.9. The van der Waals surface area contributed by atoms with Gasteiger partial charge in [0.05, 0.1) is 59.0 Å². The molecule has 4 heterocycles. The van der Waals surface area contributed by atoms with Crippen LogP contribution in [0.1, 0.15) is 86.3 Å². The van der Waals surface area contributed by atoms with Crippen molar-refractivity contribution in [1.29, 1.82) is 0 Å². The summed E-state index contributed by atoms with van der Waals surface area (Å²) in [6.07, 6.45) is -9.95. The number of carbonyl (C=O) groups is 2. The quantitative estimate of drug-likeness (QED) is 0.194. The highest BCUT2D eigenvalue weighted by atomic mass is 19.4. The van der Waals surface area contributed by atoms with Crippen LogP contribution in [0, 0.1) is 5.92 Å². The second-order valence-corrected chi connectivity index (χ2v) is 12.6. The van der Waals surface area contributed by atoms with Gasteiger partial charge < -0.3 is 30.3 Å². The second kappa shape index (κ2) is 16.5. The van der Waals surface area contributed by atoms with E-state index in [2.05, 4.69) is 9.97 Å². The Bertz CT molecular complexity index is 1730. The summed E-state index contributed by atoms with van der Waals surface area (Å²) < 4.78 is 92.5. The Morgan fingerprint density at radius 1 is 0.943 bits per heavy atom. The highest BCUT2D eigenvalue weighted by molar-refractivity contribution is 5.89. The molecule has 1 fully saturated rings. The van der Waals surface area contributed by atoms with Gasteiger partial charge in [-0.25, -0.2) is 19.7 Å². The van der Waals surface area contributed by atoms with E-state index in [0.29, 0.717) is 17.8 Å². The number of hydrogen-bond acceptors (Lipinski definition) is 9. The van der Waals surface area contributed by atoms with Gasteiger partial charge in [0.2, 0.25) is 5.88 Å². The van der Waals surface area contributed by atoms with Gasteiger partial charge >= 0.3 is 24.4 Å². The maximum absolute atomic E-state index is 13.7. The van der Waals surface area contributed by atoms with Crippen LogP contribution in [0.2, 0.25) is 0 Å². The summed E-state index contributed by atoms with van der Waals surface area (Å²) in [5.74, 6) is -2.24. The maximum atomic E-state index is 13.7. The van der Waals surface area contributed by atoms with Crippen LogP contribution < -0.4 is 20.3 Å². The number of methoxy groups -OCH3 is 1. The molecule has 0 unspecified atom stereocenters. The van der Waals surface area contributed by atoms with Crippen molar-refractivity contribution >= 4 is 23.4 Å². The summed E-state index contributed by atoms with van der Waals surface area (Å²) in [5, 5.41) is 19.5. The maximum Gasteiger partial charge on any atom is 0.416 e. The molecule has 0 bridgehead atoms. The van der Waals surface area contributed by atoms with Gasteiger partial charge in [0.1, 0.15) is 11.5 Å². The van der Waals surface area contributed by atoms with Crippen LogP contribution in [0.25, 0.3) is 0 Å². The fraction of sp³-hybridized carbons (Fsp3) is 0.514. The van der Waals surface area contributed by atoms with E-state index in [1.807, 2.05) is 13.8 Å². The Labute approximate surface area is 301 Å². The number of benzene rings is 1. The summed E-state index contributed by atoms with van der Waals surface area (Å²) >= 11 is 0. The van der Waals surface area contributed by atoms with Crippen molar-refractivity contribution in [3.8, 4) is 5.88 Å². The lowest BCUT2D eigenvalue weighted by Gasteiger charge is -2.45. The number of anilines is 2. The molecule has 0 aliphatic carbocycles. The van der Waals surface area contributed by atoms with Crippen LogP contribution in [0.3, 0.4) is 0 Å². The fourth-order valence-corrected chi connectivity index (χ4v) is 6.47. The average Bonchev–Trinajstić information content (AvgIpc) is 3.10. The van der Waals surface area contributed by atoms with Crippen LogP contribution in [0.4, 0.5) is 42.5 Å². The molecule has 2 aromatic heterocycles. The Hall–Kier alpha value is -4.71. The van der Waals surface area contributed by atoms with Crippen molar-refractivity contribution < 1.29 is 55.6 Å². The molecule has 12 nitrogen and oxygen atoms in total. The number of aromatic nitrogens is 3. The molecule has 1 aromatic carbocycles. The van der Waals surface area contributed by atoms with Gasteiger partial charge in [-0.05, 0) is 69.4 Å². The third-order valence-corrected chi connectivity index (χ3v) is 9.25. The van der Waals surface area contributed by atoms with Gasteiger partial charge in [0.25, 0.3) is 0 Å². The summed E-state index contributed by atoms with van der Waals surface area (Å²) in [5.41, 5.74) is 2.65. The molecule has 0 radical (unpaired) electrons. The molecule has 1 saturated heterocycles. The first-order valence-corrected chi connectivity index (χ1v) is 16.9. The number of piperidine rings is 1. The largest absolute Gasteiger partial charge is 0.481 e. The molecule has 2 aliphatic rings. The number of carboxylic acids is 1. The Morgan fingerprint density at radius 3 is 2.02 bits per heavy atom. The summed E-state index contributed by atoms with van der Waals surface area (Å²) in [4.78, 5) is 40.4. The Balaban J connectivity index is 0.00000117. The number of halogens is 6. The molecule has 2 aliphatic heterocycles. The van der Waals surface area contributed by atoms with Gasteiger partial charge in [-0.15, -0.1) is 0 Å². The molecule has 0 saturated carbocycles. The number of amides is 1. The van der Waals surface area contributed by atoms with Gasteiger partial charge in [0, 0.05) is 38.8 Å². The van der Waals surface area contributed by atoms with E-state index in [4.69, 9.17) is 20.2 Å². The number of ether oxygens (including phenoxy) is 2. The lowest BCUT2D eigenvalue weighted by molar-refractivity contribution is -0.144. The molecule has 5 rings (SSSR count). The smallest absolute Gasteiger partial charge is 0.416 e. The van der Waals surface area contributed by atoms with Crippen molar-refractivity contribution in [1.82, 2.24) is 15.0 Å². The third kappa shape index (κ3) is 9.45. The molecule has 2 atom stereocenters. The van der Waals surface area contributed by atoms with Gasteiger partial charge in [-0.1, -0.05) is 6.92 Å². The Morgan fingerprint density at radius 2 is 1.55 bits per heavy atom. The molecule has 53 heavy (non-hydrogen) atoms. The monoisotopic (exact) mass is 756 g/mol. The minimum absolute atomic E-state index is 0.0459. The second-order valence-electron chi connectivity index (χ2n) is 12.6. The average molecular weight is 757 g/mol. The van der Waals surface area contributed by atoms with Crippen molar-refractivity contribution in [3.05, 3.63) is 70.4 Å². The van der Waals surface area contributed by atoms with E-state index >= 15 is 0 Å². The minimum Gasteiger partial charge on any atom is -0.481 e. The van der Waals surface area contributed by atoms with Gasteiger partial charge in [-0.3, -0.25) is 9.69 Å². The van der Waals surface area contributed by atoms with Crippen LogP contribution in [-0.2, 0) is 28.3 Å². The lowest BCUT2D eigenvalue weighted by Crippen LogP contribution is -2.61. The number of aliphatic carboxylic acids is 1. The summed E-state index contributed by atoms with van der Waals surface area (Å²) in [6.45, 7) is 7.81. The predicted molar refractivity (Wildman–Crippen MR) is 181 cm³/mol. The van der Waals surface area contributed by atoms with E-state index < -0.39 is 59.5 Å². The van der Waals surface area contributed by atoms with Crippen LogP contribution in [0.5, 0.6) is 5.88 Å². The van der Waals surface area contributed by atoms with Crippen molar-refractivity contribution in [2.24, 2.45) is 11.7 Å². The van der Waals surface area contributed by atoms with E-state index in [0.717, 1.165) is 18.1 Å². The highest BCUT2D eigenvalue weighted by Crippen LogP contribution is 2.45. The molecule has 4 N–H and O–H groups in total. The first kappa shape index (κ1) is 41.1. The number of nitrogens with zero attached hydrogens (tertiary/aromatic N) is 5. The number of alkyl halides is 6. The lowest BCUT2D eigenvalue weighted by atomic mass is 9.83. The van der Waals surface area contributed by atoms with E-state index in [1.165, 1.54) is 25.4 Å². The van der Waals surface area contributed by atoms with Crippen LogP contribution in [-0.4, -0.2) is 76.3 Å². The zero-order chi connectivity index (χ0) is 39.3. The third-order valence-electron chi connectivity index (χ3n) is 9.25. The molecular weight excluding hydrogens is 714 g/mol. The number of carboxylic acid groups (broad SMARTS) is 2. The number of hydrogen-bond donors (Lipinski definition) is 3. The van der Waals surface area contributed by atoms with E-state index in [1.54, 1.807) is 11.8 Å². The fourth-order valence-electron chi connectivity index (χ4n) is 6.47. The SMILES string of the molecule is CCOCC.CC[C@]1(N)C[C@H](c2ncc(N3CCC(C(=O)O)CC3)c(Cc3cc(C(F)(F)F)cc(C(F)(F)F)c3)n2)c2nc(OC)ccc2N1C(=O)O. The standard InChI is InChI=1S/C31H32F6N6O5.C4H10O/c1-3-29(38)14-20(25-22(43(29)28(46)47)4-5-24(41-25)48-2)26-39-15-23(42-8-6-17(7-9-42)27(44)45)21(40-26)12-16-10-18(30(32,33)34)13-19(11-16)31(35,36)37;1-3-5-4-2/h4-5,10-11,13,15,17,20H,3,6-9,12,14,38H2,1-2H3,(H,44,45)(H,46,47);3-4H2,1-2H3/t20-,29+;/m0./s1. The number of nitrogens with two attached hydrogens (primary N) is 1. The molecule has 290 valence electrons. The van der Waals surface area contributed by atoms with Crippen LogP contribution in [0.15, 0.2) is 36.5 Å². The van der Waals surface area contributed by atoms with Crippen molar-refractivity contribution in [2.75, 3.05) is 43.2 Å². The van der Waals surface area contributed by atoms with Crippen molar-refractivity contribution in [3.63, 3.8) is 0 Å². The molecule has 1 amide bonds. The Kier molecular flexibility index (Phi) is 12.8. The van der Waals surface area contributed by atoms with Crippen molar-refractivity contribution in [2.45, 2.75) is 76.8 Å². The van der Waals surface area contributed by atoms with Crippen LogP contribution >= 0.6 is 0 Å². The van der Waals surface area contributed by atoms with Gasteiger partial charge in [0.15, 0.2) is 0 Å². The first-order chi connectivity index (χ1) is 24.9. The predicted octanol–water partition coefficient (Wildman–Crippen LogP) is 6.94. The number of fused-ring (bicyclic) bond motifs is 1. The summed E-state index contributed by atoms with van der Waals surface area (Å²) in [7, 11) is 1.36. The van der Waals surface area contributed by atoms with Gasteiger partial charge in [-0.2, -0.15) is 26.3 Å². The number of rotatable bonds is 9.